The predicted octanol–water partition coefficient (Wildman–Crippen LogP) is 1.66. The van der Waals surface area contributed by atoms with Crippen molar-refractivity contribution in [1.29, 1.82) is 0 Å². The second-order valence-electron chi connectivity index (χ2n) is 3.86. The van der Waals surface area contributed by atoms with E-state index in [2.05, 4.69) is 0 Å². The van der Waals surface area contributed by atoms with Gasteiger partial charge in [0.15, 0.2) is 0 Å². The summed E-state index contributed by atoms with van der Waals surface area (Å²) >= 11 is 0. The first kappa shape index (κ1) is 19.4. The summed E-state index contributed by atoms with van der Waals surface area (Å²) in [7, 11) is -3.76. The summed E-state index contributed by atoms with van der Waals surface area (Å²) in [5, 5.41) is 0. The van der Waals surface area contributed by atoms with Crippen LogP contribution in [0.2, 0.25) is 0 Å². The van der Waals surface area contributed by atoms with E-state index in [9.17, 15) is 19.2 Å². The molecule has 6 heteroatoms. The van der Waals surface area contributed by atoms with Gasteiger partial charge in [0.1, 0.15) is 0 Å². The van der Waals surface area contributed by atoms with Gasteiger partial charge in [-0.15, -0.1) is 0 Å². The molecule has 0 atom stereocenters. The molecule has 0 aliphatic carbocycles. The summed E-state index contributed by atoms with van der Waals surface area (Å²) in [6.07, 6.45) is 0.315. The molecule has 0 fully saturated rings. The van der Waals surface area contributed by atoms with Crippen LogP contribution in [0.3, 0.4) is 0 Å². The Morgan fingerprint density at radius 3 is 0.889 bits per heavy atom. The molecule has 0 amide bonds. The number of hydrogen-bond acceptors (Lipinski definition) is 4. The van der Waals surface area contributed by atoms with Crippen LogP contribution in [-0.2, 0) is 19.2 Å². The first-order valence-corrected chi connectivity index (χ1v) is 8.06. The van der Waals surface area contributed by atoms with Gasteiger partial charge in [0.25, 0.3) is 0 Å². The number of carbonyl (C=O) groups is 4. The van der Waals surface area contributed by atoms with Crippen molar-refractivity contribution >= 4 is 29.4 Å². The zero-order chi connectivity index (χ0) is 13.6. The maximum Gasteiger partial charge on any atom is -0.412 e. The Morgan fingerprint density at radius 1 is 0.611 bits per heavy atom. The van der Waals surface area contributed by atoms with Crippen molar-refractivity contribution in [1.82, 2.24) is 0 Å². The Morgan fingerprint density at radius 2 is 0.778 bits per heavy atom. The van der Waals surface area contributed by atoms with Crippen molar-refractivity contribution in [3.8, 4) is 0 Å². The fraction of sp³-hybridized carbons (Fsp3) is 0.667. The van der Waals surface area contributed by atoms with Crippen LogP contribution < -0.4 is 0 Å². The number of carbonyl (C=O) groups excluding carboxylic acids is 4. The molecule has 0 bridgehead atoms. The molecular formula is C12H23O5P. The number of rotatable bonds is 8. The van der Waals surface area contributed by atoms with Crippen molar-refractivity contribution in [2.75, 3.05) is 0 Å². The molecule has 0 heterocycles. The summed E-state index contributed by atoms with van der Waals surface area (Å²) in [5.41, 5.74) is -1.71. The summed E-state index contributed by atoms with van der Waals surface area (Å²) in [5.74, 6) is 0. The van der Waals surface area contributed by atoms with Gasteiger partial charge in [-0.3, -0.25) is 0 Å². The van der Waals surface area contributed by atoms with Gasteiger partial charge in [0, 0.05) is 0 Å². The van der Waals surface area contributed by atoms with Crippen LogP contribution in [0.4, 0.5) is 0 Å². The molecule has 0 aromatic rings. The minimum Gasteiger partial charge on any atom is -0.412 e. The van der Waals surface area contributed by atoms with Gasteiger partial charge >= 0.3 is 102 Å². The predicted molar refractivity (Wildman–Crippen MR) is 73.1 cm³/mol. The quantitative estimate of drug-likeness (QED) is 0.630. The van der Waals surface area contributed by atoms with Crippen molar-refractivity contribution in [2.45, 2.75) is 53.4 Å². The van der Waals surface area contributed by atoms with E-state index in [0.29, 0.717) is 0 Å². The summed E-state index contributed by atoms with van der Waals surface area (Å²) in [6.45, 7) is 6.38. The van der Waals surface area contributed by atoms with Crippen LogP contribution in [0.15, 0.2) is 0 Å². The first-order chi connectivity index (χ1) is 7.93. The van der Waals surface area contributed by atoms with Gasteiger partial charge in [0.2, 0.25) is 0 Å². The van der Waals surface area contributed by atoms with E-state index < -0.39 is 29.4 Å². The third-order valence-corrected chi connectivity index (χ3v) is 7.72. The topological polar surface area (TPSA) is 99.8 Å². The van der Waals surface area contributed by atoms with Crippen molar-refractivity contribution in [3.63, 3.8) is 0 Å². The molecule has 18 heavy (non-hydrogen) atoms. The summed E-state index contributed by atoms with van der Waals surface area (Å²) < 4.78 is 0. The van der Waals surface area contributed by atoms with Gasteiger partial charge in [-0.2, -0.15) is 0 Å². The molecule has 0 spiro atoms. The van der Waals surface area contributed by atoms with E-state index in [1.165, 1.54) is 0 Å². The maximum absolute atomic E-state index is 12.0. The molecule has 106 valence electrons. The van der Waals surface area contributed by atoms with Gasteiger partial charge in [-0.1, -0.05) is 0 Å². The zero-order valence-corrected chi connectivity index (χ0v) is 12.5. The summed E-state index contributed by atoms with van der Waals surface area (Å²) in [4.78, 5) is 48.1. The third-order valence-electron chi connectivity index (χ3n) is 2.96. The average Bonchev–Trinajstić information content (AvgIpc) is 2.37. The minimum absolute atomic E-state index is 0. The van der Waals surface area contributed by atoms with Gasteiger partial charge in [-0.25, -0.2) is 0 Å². The van der Waals surface area contributed by atoms with Crippen LogP contribution >= 0.6 is 7.26 Å². The molecule has 0 aliphatic rings. The van der Waals surface area contributed by atoms with Crippen LogP contribution in [0.5, 0.6) is 0 Å². The van der Waals surface area contributed by atoms with Crippen LogP contribution in [0.1, 0.15) is 53.4 Å². The fourth-order valence-electron chi connectivity index (χ4n) is 1.99. The van der Waals surface area contributed by atoms with E-state index in [4.69, 9.17) is 0 Å². The Bertz CT molecular complexity index is 279. The summed E-state index contributed by atoms with van der Waals surface area (Å²) in [6, 6.07) is 0. The van der Waals surface area contributed by atoms with Crippen molar-refractivity contribution in [2.24, 2.45) is 0 Å². The molecule has 0 saturated heterocycles. The third kappa shape index (κ3) is 3.09. The number of hydrogen-bond donors (Lipinski definition) is 0. The van der Waals surface area contributed by atoms with E-state index in [1.54, 1.807) is 27.7 Å². The van der Waals surface area contributed by atoms with E-state index >= 15 is 0 Å². The Kier molecular flexibility index (Phi) is 8.87. The van der Waals surface area contributed by atoms with Crippen molar-refractivity contribution in [3.05, 3.63) is 0 Å². The fourth-order valence-corrected chi connectivity index (χ4v) is 5.98. The molecular weight excluding hydrogens is 255 g/mol. The van der Waals surface area contributed by atoms with Gasteiger partial charge in [-0.05, 0) is 0 Å². The molecule has 0 aliphatic heterocycles. The van der Waals surface area contributed by atoms with E-state index in [1.807, 2.05) is 0 Å². The molecule has 0 radical (unpaired) electrons. The molecule has 2 N–H and O–H groups in total. The molecule has 0 saturated carbocycles. The molecule has 5 nitrogen and oxygen atoms in total. The van der Waals surface area contributed by atoms with Gasteiger partial charge < -0.3 is 5.48 Å². The average molecular weight is 278 g/mol. The van der Waals surface area contributed by atoms with E-state index in [-0.39, 0.29) is 31.2 Å². The van der Waals surface area contributed by atoms with Crippen LogP contribution in [-0.4, -0.2) is 27.6 Å². The largest absolute Gasteiger partial charge is 0.412 e. The molecule has 0 rings (SSSR count). The van der Waals surface area contributed by atoms with Crippen LogP contribution in [0, 0.1) is 0 Å². The molecule has 0 aromatic heterocycles. The monoisotopic (exact) mass is 278 g/mol. The Balaban J connectivity index is 0. The Labute approximate surface area is 108 Å². The standard InChI is InChI=1S/C12H21O4P.H2O/c1-5-9(13)17(10(14)6-2,11(15)7-3)12(16)8-4;/h17H,5-8H2,1-4H3;1H2. The zero-order valence-electron chi connectivity index (χ0n) is 11.5. The van der Waals surface area contributed by atoms with Crippen molar-refractivity contribution < 1.29 is 24.7 Å². The SMILES string of the molecule is CCC(=O)[PH](C(=O)CC)(C(=O)CC)C(=O)CC.O. The second kappa shape index (κ2) is 8.22. The first-order valence-electron chi connectivity index (χ1n) is 6.06. The van der Waals surface area contributed by atoms with Gasteiger partial charge in [0.05, 0.1) is 0 Å². The normalized spacial score (nSPS) is 11.3. The minimum atomic E-state index is -3.76. The van der Waals surface area contributed by atoms with E-state index in [0.717, 1.165) is 0 Å². The maximum atomic E-state index is 12.0. The van der Waals surface area contributed by atoms with Crippen LogP contribution in [0.25, 0.3) is 0 Å². The molecule has 0 unspecified atom stereocenters. The Hall–Kier alpha value is -0.930. The smallest absolute Gasteiger partial charge is 0.412 e. The second-order valence-corrected chi connectivity index (χ2v) is 7.59. The molecule has 0 aromatic carbocycles.